The van der Waals surface area contributed by atoms with E-state index in [4.69, 9.17) is 10.8 Å². The predicted molar refractivity (Wildman–Crippen MR) is 55.1 cm³/mol. The van der Waals surface area contributed by atoms with Crippen molar-refractivity contribution in [2.75, 3.05) is 19.7 Å². The Morgan fingerprint density at radius 1 is 1.44 bits per heavy atom. The zero-order valence-corrected chi connectivity index (χ0v) is 9.16. The lowest BCUT2D eigenvalue weighted by Gasteiger charge is -2.30. The molecule has 0 radical (unpaired) electrons. The van der Waals surface area contributed by atoms with Crippen LogP contribution in [0.1, 0.15) is 25.7 Å². The zero-order chi connectivity index (χ0) is 12.2. The van der Waals surface area contributed by atoms with Gasteiger partial charge < -0.3 is 15.7 Å². The fourth-order valence-electron chi connectivity index (χ4n) is 2.10. The van der Waals surface area contributed by atoms with Crippen molar-refractivity contribution in [2.45, 2.75) is 37.6 Å². The van der Waals surface area contributed by atoms with Crippen molar-refractivity contribution in [1.82, 2.24) is 4.90 Å². The van der Waals surface area contributed by atoms with Crippen LogP contribution >= 0.6 is 0 Å². The first kappa shape index (κ1) is 13.3. The first-order chi connectivity index (χ1) is 7.49. The molecular weight excluding hydrogens is 218 g/mol. The number of nitrogens with two attached hydrogens (primary N) is 1. The van der Waals surface area contributed by atoms with Gasteiger partial charge in [-0.05, 0) is 12.8 Å². The summed E-state index contributed by atoms with van der Waals surface area (Å²) in [5.74, 6) is -0.459. The average Bonchev–Trinajstić information content (AvgIpc) is 2.64. The molecule has 0 unspecified atom stereocenters. The first-order valence-corrected chi connectivity index (χ1v) is 5.47. The van der Waals surface area contributed by atoms with Gasteiger partial charge in [0.1, 0.15) is 0 Å². The molecule has 4 nitrogen and oxygen atoms in total. The fraction of sp³-hybridized carbons (Fsp3) is 0.900. The van der Waals surface area contributed by atoms with Crippen LogP contribution in [0.15, 0.2) is 0 Å². The molecule has 3 N–H and O–H groups in total. The number of hydrogen-bond donors (Lipinski definition) is 2. The minimum Gasteiger partial charge on any atom is -0.395 e. The minimum absolute atomic E-state index is 0.0812. The maximum Gasteiger partial charge on any atom is 0.255 e. The van der Waals surface area contributed by atoms with Gasteiger partial charge in [0.2, 0.25) is 5.91 Å². The van der Waals surface area contributed by atoms with Crippen molar-refractivity contribution in [1.29, 1.82) is 0 Å². The van der Waals surface area contributed by atoms with Crippen LogP contribution in [0, 0.1) is 0 Å². The van der Waals surface area contributed by atoms with Crippen molar-refractivity contribution in [3.05, 3.63) is 0 Å². The van der Waals surface area contributed by atoms with Crippen LogP contribution in [0.25, 0.3) is 0 Å². The monoisotopic (exact) mass is 236 g/mol. The van der Waals surface area contributed by atoms with Gasteiger partial charge in [0, 0.05) is 6.54 Å². The normalized spacial score (nSPS) is 19.1. The number of aliphatic hydroxyl groups excluding tert-OH is 1. The van der Waals surface area contributed by atoms with E-state index in [2.05, 4.69) is 0 Å². The quantitative estimate of drug-likeness (QED) is 0.723. The number of alkyl halides is 2. The van der Waals surface area contributed by atoms with Gasteiger partial charge in [0.25, 0.3) is 6.43 Å². The number of carbonyl (C=O) groups excluding carboxylic acids is 1. The highest BCUT2D eigenvalue weighted by Crippen LogP contribution is 2.29. The second-order valence-corrected chi connectivity index (χ2v) is 4.23. The SMILES string of the molecule is NC1(C(=O)N(CCO)CC(F)F)CCCC1. The maximum atomic E-state index is 12.3. The van der Waals surface area contributed by atoms with Gasteiger partial charge in [-0.25, -0.2) is 8.78 Å². The molecule has 0 saturated heterocycles. The second kappa shape index (κ2) is 5.54. The third-order valence-electron chi connectivity index (χ3n) is 2.94. The molecular formula is C10H18F2N2O2. The lowest BCUT2D eigenvalue weighted by molar-refractivity contribution is -0.139. The summed E-state index contributed by atoms with van der Waals surface area (Å²) in [5, 5.41) is 8.75. The van der Waals surface area contributed by atoms with Crippen molar-refractivity contribution >= 4 is 5.91 Å². The molecule has 1 rings (SSSR count). The van der Waals surface area contributed by atoms with E-state index in [1.807, 2.05) is 0 Å². The highest BCUT2D eigenvalue weighted by molar-refractivity contribution is 5.86. The third kappa shape index (κ3) is 3.12. The molecule has 0 heterocycles. The molecule has 1 fully saturated rings. The van der Waals surface area contributed by atoms with E-state index < -0.39 is 24.4 Å². The zero-order valence-electron chi connectivity index (χ0n) is 9.16. The Kier molecular flexibility index (Phi) is 4.61. The average molecular weight is 236 g/mol. The number of amides is 1. The van der Waals surface area contributed by atoms with Gasteiger partial charge >= 0.3 is 0 Å². The molecule has 1 saturated carbocycles. The Balaban J connectivity index is 2.65. The van der Waals surface area contributed by atoms with Crippen molar-refractivity contribution in [3.63, 3.8) is 0 Å². The molecule has 0 aromatic rings. The van der Waals surface area contributed by atoms with Crippen LogP contribution < -0.4 is 5.73 Å². The van der Waals surface area contributed by atoms with E-state index in [9.17, 15) is 13.6 Å². The van der Waals surface area contributed by atoms with Crippen LogP contribution in [-0.4, -0.2) is 47.6 Å². The van der Waals surface area contributed by atoms with Gasteiger partial charge in [0.15, 0.2) is 0 Å². The Bertz CT molecular complexity index is 243. The van der Waals surface area contributed by atoms with Gasteiger partial charge in [-0.3, -0.25) is 4.79 Å². The summed E-state index contributed by atoms with van der Waals surface area (Å²) in [4.78, 5) is 12.9. The van der Waals surface area contributed by atoms with Crippen LogP contribution in [0.2, 0.25) is 0 Å². The molecule has 94 valence electrons. The Morgan fingerprint density at radius 3 is 2.44 bits per heavy atom. The molecule has 0 atom stereocenters. The van der Waals surface area contributed by atoms with Crippen LogP contribution in [-0.2, 0) is 4.79 Å². The number of halogens is 2. The molecule has 6 heteroatoms. The van der Waals surface area contributed by atoms with Gasteiger partial charge in [0.05, 0.1) is 18.7 Å². The van der Waals surface area contributed by atoms with Gasteiger partial charge in [-0.1, -0.05) is 12.8 Å². The highest BCUT2D eigenvalue weighted by atomic mass is 19.3. The lowest BCUT2D eigenvalue weighted by Crippen LogP contribution is -2.55. The van der Waals surface area contributed by atoms with E-state index in [1.54, 1.807) is 0 Å². The summed E-state index contributed by atoms with van der Waals surface area (Å²) in [6.45, 7) is -1.06. The molecule has 1 aliphatic carbocycles. The van der Waals surface area contributed by atoms with Gasteiger partial charge in [-0.15, -0.1) is 0 Å². The highest BCUT2D eigenvalue weighted by Gasteiger charge is 2.40. The van der Waals surface area contributed by atoms with Crippen molar-refractivity contribution < 1.29 is 18.7 Å². The van der Waals surface area contributed by atoms with Crippen molar-refractivity contribution in [3.8, 4) is 0 Å². The predicted octanol–water partition coefficient (Wildman–Crippen LogP) is 0.344. The molecule has 0 aliphatic heterocycles. The summed E-state index contributed by atoms with van der Waals surface area (Å²) in [6.07, 6.45) is 0.183. The number of carbonyl (C=O) groups is 1. The largest absolute Gasteiger partial charge is 0.395 e. The molecule has 1 amide bonds. The molecule has 0 aromatic heterocycles. The molecule has 1 aliphatic rings. The first-order valence-electron chi connectivity index (χ1n) is 5.47. The van der Waals surface area contributed by atoms with E-state index >= 15 is 0 Å². The maximum absolute atomic E-state index is 12.3. The van der Waals surface area contributed by atoms with Crippen LogP contribution in [0.3, 0.4) is 0 Å². The number of nitrogens with zero attached hydrogens (tertiary/aromatic N) is 1. The minimum atomic E-state index is -2.60. The fourth-order valence-corrected chi connectivity index (χ4v) is 2.10. The topological polar surface area (TPSA) is 66.6 Å². The number of rotatable bonds is 5. The summed E-state index contributed by atoms with van der Waals surface area (Å²) >= 11 is 0. The molecule has 16 heavy (non-hydrogen) atoms. The van der Waals surface area contributed by atoms with E-state index in [0.717, 1.165) is 17.7 Å². The summed E-state index contributed by atoms with van der Waals surface area (Å²) in [7, 11) is 0. The van der Waals surface area contributed by atoms with E-state index in [0.29, 0.717) is 12.8 Å². The standard InChI is InChI=1S/C10H18F2N2O2/c11-8(12)7-14(5-6-15)9(16)10(13)3-1-2-4-10/h8,15H,1-7,13H2. The molecule has 0 bridgehead atoms. The van der Waals surface area contributed by atoms with E-state index in [1.165, 1.54) is 0 Å². The number of aliphatic hydroxyl groups is 1. The Morgan fingerprint density at radius 2 is 2.00 bits per heavy atom. The lowest BCUT2D eigenvalue weighted by atomic mass is 9.97. The smallest absolute Gasteiger partial charge is 0.255 e. The second-order valence-electron chi connectivity index (χ2n) is 4.23. The van der Waals surface area contributed by atoms with E-state index in [-0.39, 0.29) is 13.2 Å². The Hall–Kier alpha value is -0.750. The molecule has 0 aromatic carbocycles. The number of hydrogen-bond acceptors (Lipinski definition) is 3. The van der Waals surface area contributed by atoms with Crippen molar-refractivity contribution in [2.24, 2.45) is 5.73 Å². The Labute approximate surface area is 93.4 Å². The summed E-state index contributed by atoms with van der Waals surface area (Å²) in [6, 6.07) is 0. The van der Waals surface area contributed by atoms with Crippen LogP contribution in [0.4, 0.5) is 8.78 Å². The van der Waals surface area contributed by atoms with Gasteiger partial charge in [-0.2, -0.15) is 0 Å². The third-order valence-corrected chi connectivity index (χ3v) is 2.94. The van der Waals surface area contributed by atoms with Crippen LogP contribution in [0.5, 0.6) is 0 Å². The molecule has 0 spiro atoms. The summed E-state index contributed by atoms with van der Waals surface area (Å²) in [5.41, 5.74) is 4.90. The summed E-state index contributed by atoms with van der Waals surface area (Å²) < 4.78 is 24.5.